The molecule has 0 radical (unpaired) electrons. The van der Waals surface area contributed by atoms with Crippen molar-refractivity contribution in [1.82, 2.24) is 38.6 Å². The number of nitrogens with one attached hydrogen (secondary N) is 5. The molecule has 0 saturated heterocycles. The largest absolute Gasteiger partial charge is 0.497 e. The predicted octanol–water partition coefficient (Wildman–Crippen LogP) is 17.3. The SMILES string of the molecule is CC(=O)Nc1ccc(C=O)cc1.COc1ccc(CNc2ccc(Nc3ncc(Cl)c(-c4cn(-c5ccccc5)c5ccccc45)n3)cc2N)cc1.COc1ccc(Cn2c(-c3ccc(NC(C)=O)cc3)nc3cc(Nc4ncc(Cl)c(-c5cn(-c6ccccc6)c6ccccc56)n4)ccc32)cc1.O=S=O.O=S=O. The van der Waals surface area contributed by atoms with Gasteiger partial charge in [0.2, 0.25) is 23.7 Å². The number of carbonyl (C=O) groups is 3. The van der Waals surface area contributed by atoms with Crippen LogP contribution < -0.4 is 41.8 Å². The maximum Gasteiger partial charge on any atom is 0.335 e. The van der Waals surface area contributed by atoms with Crippen molar-refractivity contribution in [3.05, 3.63) is 294 Å². The third-order valence-electron chi connectivity index (χ3n) is 16.8. The van der Waals surface area contributed by atoms with Gasteiger partial charge in [-0.05, 0) is 157 Å². The lowest BCUT2D eigenvalue weighted by atomic mass is 10.1. The molecule has 0 saturated carbocycles. The number of nitrogens with two attached hydrogens (primary N) is 1. The van der Waals surface area contributed by atoms with Crippen LogP contribution in [0.2, 0.25) is 10.0 Å². The molecule has 0 bridgehead atoms. The lowest BCUT2D eigenvalue weighted by Crippen LogP contribution is -2.05. The number of nitrogens with zero attached hydrogens (tertiary/aromatic N) is 8. The average Bonchev–Trinajstić information content (AvgIpc) is 1.64. The Hall–Kier alpha value is -13.5. The Bertz CT molecular complexity index is 5760. The maximum atomic E-state index is 11.6. The highest BCUT2D eigenvalue weighted by molar-refractivity contribution is 7.52. The molecule has 0 atom stereocenters. The molecule has 0 aliphatic carbocycles. The van der Waals surface area contributed by atoms with Crippen molar-refractivity contribution >= 4 is 143 Å². The molecule has 0 spiro atoms. The fourth-order valence-electron chi connectivity index (χ4n) is 11.8. The smallest absolute Gasteiger partial charge is 0.335 e. The molecule has 23 nitrogen and oxygen atoms in total. The van der Waals surface area contributed by atoms with E-state index in [0.717, 1.165) is 118 Å². The van der Waals surface area contributed by atoms with Crippen molar-refractivity contribution in [2.24, 2.45) is 0 Å². The second-order valence-electron chi connectivity index (χ2n) is 24.0. The number of anilines is 8. The van der Waals surface area contributed by atoms with Crippen molar-refractivity contribution in [3.63, 3.8) is 0 Å². The molecule has 15 aromatic rings. The summed E-state index contributed by atoms with van der Waals surface area (Å²) in [6.07, 6.45) is 8.15. The number of imidazole rings is 1. The molecule has 15 rings (SSSR count). The van der Waals surface area contributed by atoms with Crippen LogP contribution in [0.15, 0.2) is 267 Å². The third kappa shape index (κ3) is 19.5. The van der Waals surface area contributed by atoms with E-state index >= 15 is 0 Å². The first-order valence-corrected chi connectivity index (χ1v) is 35.5. The van der Waals surface area contributed by atoms with Gasteiger partial charge >= 0.3 is 23.1 Å². The fourth-order valence-corrected chi connectivity index (χ4v) is 12.2. The lowest BCUT2D eigenvalue weighted by Gasteiger charge is -2.13. The highest BCUT2D eigenvalue weighted by atomic mass is 35.5. The van der Waals surface area contributed by atoms with Gasteiger partial charge in [0.15, 0.2) is 0 Å². The molecule has 0 aliphatic rings. The monoisotopic (exact) mass is 1530 g/mol. The van der Waals surface area contributed by atoms with E-state index in [2.05, 4.69) is 123 Å². The minimum atomic E-state index is -0.750. The highest BCUT2D eigenvalue weighted by Crippen LogP contribution is 2.39. The first-order valence-electron chi connectivity index (χ1n) is 33.4. The molecule has 0 unspecified atom stereocenters. The number of hydrogen-bond donors (Lipinski definition) is 6. The summed E-state index contributed by atoms with van der Waals surface area (Å²) in [5.41, 5.74) is 23.6. The molecule has 2 amide bonds. The summed E-state index contributed by atoms with van der Waals surface area (Å²) < 4.78 is 50.2. The van der Waals surface area contributed by atoms with Crippen LogP contribution in [0.5, 0.6) is 11.5 Å². The molecule has 27 heteroatoms. The number of ether oxygens (including phenoxy) is 2. The van der Waals surface area contributed by atoms with Crippen LogP contribution in [0.1, 0.15) is 35.3 Å². The second-order valence-corrected chi connectivity index (χ2v) is 25.0. The number of aromatic nitrogens is 8. The number of carbonyl (C=O) groups excluding carboxylic acids is 3. The third-order valence-corrected chi connectivity index (χ3v) is 17.3. The molecule has 109 heavy (non-hydrogen) atoms. The van der Waals surface area contributed by atoms with Crippen LogP contribution in [0.25, 0.3) is 78.1 Å². The quantitative estimate of drug-likeness (QED) is 0.0324. The van der Waals surface area contributed by atoms with Crippen LogP contribution >= 0.6 is 23.2 Å². The van der Waals surface area contributed by atoms with Crippen LogP contribution in [-0.4, -0.2) is 87.8 Å². The Labute approximate surface area is 643 Å². The molecule has 5 aromatic heterocycles. The molecule has 10 aromatic carbocycles. The Morgan fingerprint density at radius 2 is 0.945 bits per heavy atom. The van der Waals surface area contributed by atoms with Crippen molar-refractivity contribution in [3.8, 4) is 56.8 Å². The number of para-hydroxylation sites is 4. The number of aldehydes is 1. The summed E-state index contributed by atoms with van der Waals surface area (Å²) >= 11 is 11.9. The summed E-state index contributed by atoms with van der Waals surface area (Å²) in [4.78, 5) is 56.2. The van der Waals surface area contributed by atoms with Gasteiger partial charge in [-0.15, -0.1) is 0 Å². The molecule has 0 aliphatic heterocycles. The summed E-state index contributed by atoms with van der Waals surface area (Å²) in [5, 5.41) is 18.5. The molecule has 546 valence electrons. The second kappa shape index (κ2) is 37.0. The van der Waals surface area contributed by atoms with Crippen LogP contribution in [0, 0.1) is 0 Å². The van der Waals surface area contributed by atoms with Crippen molar-refractivity contribution in [2.75, 3.05) is 46.5 Å². The van der Waals surface area contributed by atoms with E-state index in [4.69, 9.17) is 70.2 Å². The zero-order chi connectivity index (χ0) is 76.8. The molecule has 7 N–H and O–H groups in total. The van der Waals surface area contributed by atoms with Gasteiger partial charge in [0, 0.05) is 106 Å². The number of rotatable bonds is 19. The minimum Gasteiger partial charge on any atom is -0.497 e. The number of amides is 2. The first kappa shape index (κ1) is 76.7. The van der Waals surface area contributed by atoms with E-state index in [0.29, 0.717) is 63.4 Å². The topological polar surface area (TPSA) is 303 Å². The summed E-state index contributed by atoms with van der Waals surface area (Å²) in [5.74, 6) is 3.03. The van der Waals surface area contributed by atoms with E-state index < -0.39 is 23.1 Å². The maximum absolute atomic E-state index is 11.6. The minimum absolute atomic E-state index is 0.117. The van der Waals surface area contributed by atoms with Gasteiger partial charge in [-0.25, -0.2) is 24.9 Å². The standard InChI is InChI=1S/C41H32ClN7O2.C32H27ClN6O.C9H9NO2.2O2S/c1-26(50)44-29-16-14-28(15-17-29)40-46-36-22-30(18-21-38(36)49(40)24-27-12-19-32(51-2)20-13-27)45-41-43-23-35(42)39(47-41)34-25-48(31-8-4-3-5-9-31)37-11-7-6-10-33(34)37;1-40-24-14-11-21(12-15-24)18-35-29-16-13-22(17-28(29)34)37-32-36-19-27(33)31(38-32)26-20-39(23-7-3-2-4-8-23)30-10-6-5-9-25(26)30;1-7(12)10-9-4-2-8(6-11)3-5-9;2*1-3-2/h3-23,25H,24H2,1-2H3,(H,44,50)(H,43,45,47);2-17,19-20,35H,18,34H2,1H3,(H,36,37,38);2-6H,1H3,(H,10,12);;. The van der Waals surface area contributed by atoms with Gasteiger partial charge in [-0.1, -0.05) is 120 Å². The van der Waals surface area contributed by atoms with Gasteiger partial charge in [0.05, 0.1) is 81.5 Å². The fraction of sp³-hybridized carbons (Fsp3) is 0.0732. The van der Waals surface area contributed by atoms with Crippen LogP contribution in [0.3, 0.4) is 0 Å². The zero-order valence-corrected chi connectivity index (χ0v) is 61.9. The first-order chi connectivity index (χ1) is 53.1. The Kier molecular flexibility index (Phi) is 26.0. The van der Waals surface area contributed by atoms with Gasteiger partial charge in [-0.3, -0.25) is 14.4 Å². The van der Waals surface area contributed by atoms with Crippen molar-refractivity contribution < 1.29 is 40.7 Å². The van der Waals surface area contributed by atoms with Crippen molar-refractivity contribution in [2.45, 2.75) is 26.9 Å². The number of methoxy groups -OCH3 is 2. The normalized spacial score (nSPS) is 10.5. The van der Waals surface area contributed by atoms with E-state index in [1.807, 2.05) is 158 Å². The van der Waals surface area contributed by atoms with Gasteiger partial charge < -0.3 is 55.5 Å². The van der Waals surface area contributed by atoms with Gasteiger partial charge in [0.25, 0.3) is 0 Å². The molecular weight excluding hydrogens is 1460 g/mol. The van der Waals surface area contributed by atoms with Crippen LogP contribution in [-0.2, 0) is 45.8 Å². The van der Waals surface area contributed by atoms with Gasteiger partial charge in [0.1, 0.15) is 23.6 Å². The van der Waals surface area contributed by atoms with Crippen molar-refractivity contribution in [1.29, 1.82) is 0 Å². The predicted molar refractivity (Wildman–Crippen MR) is 432 cm³/mol. The molecule has 0 fully saturated rings. The highest BCUT2D eigenvalue weighted by Gasteiger charge is 2.21. The molecule has 5 heterocycles. The van der Waals surface area contributed by atoms with E-state index in [1.54, 1.807) is 50.9 Å². The number of nitrogen functional groups attached to an aromatic ring is 1. The molecular formula is C82H68Cl2N14O9S2. The number of fused-ring (bicyclic) bond motifs is 3. The summed E-state index contributed by atoms with van der Waals surface area (Å²) in [6.45, 7) is 4.17. The Balaban J connectivity index is 0.000000180. The Morgan fingerprint density at radius 1 is 0.505 bits per heavy atom. The lowest BCUT2D eigenvalue weighted by molar-refractivity contribution is -0.115. The average molecular weight is 1530 g/mol. The number of halogens is 2. The van der Waals surface area contributed by atoms with E-state index in [9.17, 15) is 14.4 Å². The zero-order valence-electron chi connectivity index (χ0n) is 58.8. The van der Waals surface area contributed by atoms with Crippen LogP contribution in [0.4, 0.5) is 46.0 Å². The number of benzene rings is 10. The summed E-state index contributed by atoms with van der Waals surface area (Å²) in [7, 11) is 3.32. The van der Waals surface area contributed by atoms with Gasteiger partial charge in [-0.2, -0.15) is 16.8 Å². The van der Waals surface area contributed by atoms with E-state index in [1.165, 1.54) is 13.8 Å². The summed E-state index contributed by atoms with van der Waals surface area (Å²) in [6, 6.07) is 78.9. The Morgan fingerprint density at radius 3 is 1.41 bits per heavy atom. The number of hydrogen-bond acceptors (Lipinski definition) is 18. The van der Waals surface area contributed by atoms with E-state index in [-0.39, 0.29) is 11.8 Å².